The Hall–Kier alpha value is -2.87. The first-order valence-corrected chi connectivity index (χ1v) is 10.3. The molecule has 0 radical (unpaired) electrons. The van der Waals surface area contributed by atoms with Gasteiger partial charge in [0.2, 0.25) is 11.8 Å². The lowest BCUT2D eigenvalue weighted by Gasteiger charge is -2.32. The third-order valence-electron chi connectivity index (χ3n) is 5.61. The Balaban J connectivity index is 0.00000144. The van der Waals surface area contributed by atoms with Crippen LogP contribution in [-0.2, 0) is 6.54 Å². The number of anilines is 1. The number of aliphatic imine (C=N–C) groups is 1. The molecule has 5 rings (SSSR count). The molecule has 168 valence electrons. The maximum absolute atomic E-state index is 10.3. The molecular formula is C23H26Cl2N6O. The van der Waals surface area contributed by atoms with Crippen LogP contribution in [0.5, 0.6) is 5.88 Å². The average molecular weight is 473 g/mol. The van der Waals surface area contributed by atoms with Crippen LogP contribution in [0.4, 0.5) is 11.8 Å². The highest BCUT2D eigenvalue weighted by atomic mass is 35.5. The van der Waals surface area contributed by atoms with Crippen LogP contribution in [0.25, 0.3) is 11.6 Å². The summed E-state index contributed by atoms with van der Waals surface area (Å²) in [5.74, 6) is 1.28. The number of halogens is 2. The number of H-pyrrole nitrogens is 1. The average Bonchev–Trinajstić information content (AvgIpc) is 3.34. The van der Waals surface area contributed by atoms with E-state index in [1.807, 2.05) is 18.2 Å². The molecule has 3 aromatic rings. The fourth-order valence-corrected chi connectivity index (χ4v) is 4.01. The van der Waals surface area contributed by atoms with Gasteiger partial charge in [-0.1, -0.05) is 30.3 Å². The van der Waals surface area contributed by atoms with Crippen LogP contribution in [0.3, 0.4) is 0 Å². The summed E-state index contributed by atoms with van der Waals surface area (Å²) in [7, 11) is 0. The van der Waals surface area contributed by atoms with Crippen LogP contribution in [0.15, 0.2) is 53.7 Å². The second-order valence-corrected chi connectivity index (χ2v) is 7.74. The van der Waals surface area contributed by atoms with E-state index in [0.29, 0.717) is 23.5 Å². The van der Waals surface area contributed by atoms with E-state index in [9.17, 15) is 5.11 Å². The number of nitrogens with zero attached hydrogens (tertiary/aromatic N) is 4. The number of benzene rings is 1. The maximum atomic E-state index is 10.3. The molecule has 0 spiro atoms. The molecule has 4 heterocycles. The molecule has 0 amide bonds. The van der Waals surface area contributed by atoms with Gasteiger partial charge < -0.3 is 15.4 Å². The normalized spacial score (nSPS) is 16.9. The monoisotopic (exact) mass is 472 g/mol. The third kappa shape index (κ3) is 5.30. The van der Waals surface area contributed by atoms with Crippen molar-refractivity contribution in [1.82, 2.24) is 19.9 Å². The zero-order chi connectivity index (χ0) is 20.3. The van der Waals surface area contributed by atoms with Gasteiger partial charge in [0, 0.05) is 49.2 Å². The Labute approximate surface area is 199 Å². The van der Waals surface area contributed by atoms with Gasteiger partial charge in [-0.3, -0.25) is 4.90 Å². The van der Waals surface area contributed by atoms with Gasteiger partial charge in [0.15, 0.2) is 5.82 Å². The highest BCUT2D eigenvalue weighted by molar-refractivity contribution is 6.20. The fourth-order valence-electron chi connectivity index (χ4n) is 4.01. The number of hydrogen-bond donors (Lipinski definition) is 3. The number of rotatable bonds is 5. The minimum Gasteiger partial charge on any atom is -0.492 e. The predicted molar refractivity (Wildman–Crippen MR) is 133 cm³/mol. The van der Waals surface area contributed by atoms with Crippen LogP contribution in [-0.4, -0.2) is 50.3 Å². The van der Waals surface area contributed by atoms with E-state index in [1.54, 1.807) is 12.4 Å². The molecule has 1 saturated heterocycles. The molecule has 0 bridgehead atoms. The van der Waals surface area contributed by atoms with Gasteiger partial charge in [-0.15, -0.1) is 24.8 Å². The van der Waals surface area contributed by atoms with E-state index in [-0.39, 0.29) is 30.7 Å². The molecule has 32 heavy (non-hydrogen) atoms. The van der Waals surface area contributed by atoms with E-state index in [2.05, 4.69) is 60.5 Å². The van der Waals surface area contributed by atoms with Crippen LogP contribution >= 0.6 is 24.8 Å². The first kappa shape index (κ1) is 23.8. The molecule has 0 atom stereocenters. The van der Waals surface area contributed by atoms with E-state index < -0.39 is 0 Å². The quantitative estimate of drug-likeness (QED) is 0.501. The minimum atomic E-state index is -0.0164. The van der Waals surface area contributed by atoms with Gasteiger partial charge in [-0.25, -0.2) is 9.98 Å². The number of aromatic hydroxyl groups is 1. The lowest BCUT2D eigenvalue weighted by molar-refractivity contribution is 0.211. The van der Waals surface area contributed by atoms with Crippen molar-refractivity contribution in [3.8, 4) is 5.88 Å². The van der Waals surface area contributed by atoms with Crippen molar-refractivity contribution in [2.24, 2.45) is 4.99 Å². The summed E-state index contributed by atoms with van der Waals surface area (Å²) < 4.78 is 0. The first-order chi connectivity index (χ1) is 14.7. The number of hydrogen-bond acceptors (Lipinski definition) is 6. The van der Waals surface area contributed by atoms with Crippen LogP contribution in [0, 0.1) is 0 Å². The van der Waals surface area contributed by atoms with Gasteiger partial charge >= 0.3 is 0 Å². The number of pyridine rings is 1. The molecule has 0 unspecified atom stereocenters. The molecule has 2 aromatic heterocycles. The highest BCUT2D eigenvalue weighted by Crippen LogP contribution is 2.31. The molecule has 3 N–H and O–H groups in total. The number of likely N-dealkylation sites (tertiary alicyclic amines) is 1. The Bertz CT molecular complexity index is 1090. The maximum Gasteiger partial charge on any atom is 0.238 e. The topological polar surface area (TPSA) is 89.4 Å². The number of imidazole rings is 1. The van der Waals surface area contributed by atoms with Gasteiger partial charge in [-0.05, 0) is 36.6 Å². The Morgan fingerprint density at radius 2 is 1.88 bits per heavy atom. The lowest BCUT2D eigenvalue weighted by atomic mass is 10.0. The molecule has 1 aromatic carbocycles. The van der Waals surface area contributed by atoms with Gasteiger partial charge in [-0.2, -0.15) is 4.98 Å². The Morgan fingerprint density at radius 3 is 2.66 bits per heavy atom. The molecule has 2 aliphatic rings. The predicted octanol–water partition coefficient (Wildman–Crippen LogP) is 4.69. The summed E-state index contributed by atoms with van der Waals surface area (Å²) in [5, 5.41) is 13.7. The van der Waals surface area contributed by atoms with Crippen molar-refractivity contribution in [2.75, 3.05) is 18.4 Å². The van der Waals surface area contributed by atoms with Crippen LogP contribution in [0.1, 0.15) is 29.7 Å². The number of fused-ring (bicyclic) bond motifs is 1. The molecule has 0 aliphatic carbocycles. The molecule has 9 heteroatoms. The summed E-state index contributed by atoms with van der Waals surface area (Å²) in [5.41, 5.74) is 3.77. The van der Waals surface area contributed by atoms with E-state index in [4.69, 9.17) is 0 Å². The SMILES string of the molecule is Cl.Cl.Oc1nc(NC2CCN(Cc3ccccc3)CC2)[nH]c1/C=C1\C=Nc2ncccc21. The fraction of sp³-hybridized carbons (Fsp3) is 0.261. The van der Waals surface area contributed by atoms with Crippen molar-refractivity contribution in [3.63, 3.8) is 0 Å². The summed E-state index contributed by atoms with van der Waals surface area (Å²) in [6, 6.07) is 14.8. The van der Waals surface area contributed by atoms with Crippen LogP contribution in [0.2, 0.25) is 0 Å². The zero-order valence-corrected chi connectivity index (χ0v) is 19.1. The van der Waals surface area contributed by atoms with Crippen molar-refractivity contribution < 1.29 is 5.11 Å². The zero-order valence-electron chi connectivity index (χ0n) is 17.4. The second-order valence-electron chi connectivity index (χ2n) is 7.74. The lowest BCUT2D eigenvalue weighted by Crippen LogP contribution is -2.38. The largest absolute Gasteiger partial charge is 0.492 e. The smallest absolute Gasteiger partial charge is 0.238 e. The number of nitrogens with one attached hydrogen (secondary N) is 2. The standard InChI is InChI=1S/C23H24N6O.2ClH/c30-22-20(13-17-14-25-21-19(17)7-4-10-24-21)27-23(28-22)26-18-8-11-29(12-9-18)15-16-5-2-1-3-6-16;;/h1-7,10,13-14,18,30H,8-9,11-12,15H2,(H2,26,27,28);2*1H/b17-13+;;. The molecule has 2 aliphatic heterocycles. The summed E-state index contributed by atoms with van der Waals surface area (Å²) in [4.78, 5) is 18.5. The molecule has 0 saturated carbocycles. The molecular weight excluding hydrogens is 447 g/mol. The summed E-state index contributed by atoms with van der Waals surface area (Å²) in [6.45, 7) is 3.07. The van der Waals surface area contributed by atoms with Gasteiger partial charge in [0.25, 0.3) is 0 Å². The number of allylic oxidation sites excluding steroid dienone is 1. The van der Waals surface area contributed by atoms with Gasteiger partial charge in [0.1, 0.15) is 5.69 Å². The van der Waals surface area contributed by atoms with Gasteiger partial charge in [0.05, 0.1) is 0 Å². The van der Waals surface area contributed by atoms with Crippen molar-refractivity contribution in [2.45, 2.75) is 25.4 Å². The second kappa shape index (κ2) is 10.6. The number of piperidine rings is 1. The molecule has 7 nitrogen and oxygen atoms in total. The number of aromatic amines is 1. The Kier molecular flexibility index (Phi) is 7.90. The van der Waals surface area contributed by atoms with E-state index in [1.165, 1.54) is 5.56 Å². The Morgan fingerprint density at radius 1 is 1.09 bits per heavy atom. The van der Waals surface area contributed by atoms with E-state index >= 15 is 0 Å². The summed E-state index contributed by atoms with van der Waals surface area (Å²) >= 11 is 0. The van der Waals surface area contributed by atoms with E-state index in [0.717, 1.165) is 43.6 Å². The third-order valence-corrected chi connectivity index (χ3v) is 5.61. The highest BCUT2D eigenvalue weighted by Gasteiger charge is 2.21. The number of aromatic nitrogens is 3. The van der Waals surface area contributed by atoms with Crippen molar-refractivity contribution >= 4 is 54.4 Å². The first-order valence-electron chi connectivity index (χ1n) is 10.3. The van der Waals surface area contributed by atoms with Crippen LogP contribution < -0.4 is 5.32 Å². The minimum absolute atomic E-state index is 0. The van der Waals surface area contributed by atoms with Crippen molar-refractivity contribution in [3.05, 3.63) is 65.5 Å². The van der Waals surface area contributed by atoms with Crippen molar-refractivity contribution in [1.29, 1.82) is 0 Å². The molecule has 1 fully saturated rings. The summed E-state index contributed by atoms with van der Waals surface area (Å²) in [6.07, 6.45) is 7.41.